The van der Waals surface area contributed by atoms with E-state index in [-0.39, 0.29) is 18.4 Å². The Labute approximate surface area is 136 Å². The van der Waals surface area contributed by atoms with Crippen LogP contribution >= 0.6 is 0 Å². The van der Waals surface area contributed by atoms with Gasteiger partial charge in [0.2, 0.25) is 11.8 Å². The van der Waals surface area contributed by atoms with E-state index in [1.165, 1.54) is 0 Å². The Balaban J connectivity index is 1.55. The van der Waals surface area contributed by atoms with E-state index >= 15 is 0 Å². The normalized spacial score (nSPS) is 14.9. The van der Waals surface area contributed by atoms with Gasteiger partial charge in [0.05, 0.1) is 0 Å². The van der Waals surface area contributed by atoms with Crippen LogP contribution < -0.4 is 4.90 Å². The predicted molar refractivity (Wildman–Crippen MR) is 90.1 cm³/mol. The van der Waals surface area contributed by atoms with Crippen molar-refractivity contribution in [3.63, 3.8) is 0 Å². The molecule has 2 aromatic rings. The summed E-state index contributed by atoms with van der Waals surface area (Å²) in [5, 5.41) is 0. The van der Waals surface area contributed by atoms with E-state index in [9.17, 15) is 9.59 Å². The lowest BCUT2D eigenvalue weighted by Crippen LogP contribution is -2.52. The number of piperazine rings is 1. The highest BCUT2D eigenvalue weighted by Gasteiger charge is 2.27. The molecule has 0 unspecified atom stereocenters. The molecule has 0 N–H and O–H groups in total. The smallest absolute Gasteiger partial charge is 0.246 e. The number of hydrogen-bond donors (Lipinski definition) is 0. The molecule has 0 radical (unpaired) electrons. The monoisotopic (exact) mass is 308 g/mol. The molecule has 1 aliphatic heterocycles. The molecule has 1 heterocycles. The lowest BCUT2D eigenvalue weighted by Gasteiger charge is -2.34. The number of nitrogens with zero attached hydrogens (tertiary/aromatic N) is 2. The van der Waals surface area contributed by atoms with Crippen LogP contribution in [0.5, 0.6) is 0 Å². The second-order valence-corrected chi connectivity index (χ2v) is 5.68. The van der Waals surface area contributed by atoms with Crippen LogP contribution in [0.15, 0.2) is 60.7 Å². The van der Waals surface area contributed by atoms with Gasteiger partial charge in [-0.05, 0) is 24.1 Å². The minimum atomic E-state index is -0.0180. The fourth-order valence-electron chi connectivity index (χ4n) is 2.82. The first-order valence-electron chi connectivity index (χ1n) is 7.91. The Morgan fingerprint density at radius 3 is 2.22 bits per heavy atom. The molecule has 0 aromatic heterocycles. The quantitative estimate of drug-likeness (QED) is 0.871. The summed E-state index contributed by atoms with van der Waals surface area (Å²) in [7, 11) is 0. The number of amides is 2. The summed E-state index contributed by atoms with van der Waals surface area (Å²) in [6.45, 7) is 1.32. The van der Waals surface area contributed by atoms with Crippen molar-refractivity contribution >= 4 is 17.5 Å². The Morgan fingerprint density at radius 1 is 0.913 bits per heavy atom. The maximum atomic E-state index is 12.3. The SMILES string of the molecule is O=C(CCc1ccccc1)N1CCN(c2ccccc2)C(=O)C1. The Kier molecular flexibility index (Phi) is 4.71. The maximum absolute atomic E-state index is 12.3. The van der Waals surface area contributed by atoms with Gasteiger partial charge in [0.15, 0.2) is 0 Å². The van der Waals surface area contributed by atoms with Crippen LogP contribution in [0.1, 0.15) is 12.0 Å². The third kappa shape index (κ3) is 3.77. The molecule has 23 heavy (non-hydrogen) atoms. The van der Waals surface area contributed by atoms with Crippen molar-refractivity contribution in [3.8, 4) is 0 Å². The molecule has 3 rings (SSSR count). The van der Waals surface area contributed by atoms with E-state index in [1.807, 2.05) is 60.7 Å². The summed E-state index contributed by atoms with van der Waals surface area (Å²) < 4.78 is 0. The van der Waals surface area contributed by atoms with Crippen LogP contribution in [0.2, 0.25) is 0 Å². The Hall–Kier alpha value is -2.62. The minimum absolute atomic E-state index is 0.0180. The van der Waals surface area contributed by atoms with Crippen molar-refractivity contribution in [1.29, 1.82) is 0 Å². The van der Waals surface area contributed by atoms with E-state index in [1.54, 1.807) is 9.80 Å². The molecule has 1 aliphatic rings. The van der Waals surface area contributed by atoms with Crippen molar-refractivity contribution in [1.82, 2.24) is 4.90 Å². The molecule has 1 fully saturated rings. The molecule has 0 aliphatic carbocycles. The van der Waals surface area contributed by atoms with Crippen LogP contribution in [-0.4, -0.2) is 36.3 Å². The zero-order valence-electron chi connectivity index (χ0n) is 13.0. The summed E-state index contributed by atoms with van der Waals surface area (Å²) in [5.74, 6) is 0.0328. The van der Waals surface area contributed by atoms with Crippen LogP contribution in [-0.2, 0) is 16.0 Å². The zero-order valence-corrected chi connectivity index (χ0v) is 13.0. The van der Waals surface area contributed by atoms with Crippen molar-refractivity contribution in [2.45, 2.75) is 12.8 Å². The second-order valence-electron chi connectivity index (χ2n) is 5.68. The number of benzene rings is 2. The lowest BCUT2D eigenvalue weighted by atomic mass is 10.1. The summed E-state index contributed by atoms with van der Waals surface area (Å²) in [4.78, 5) is 28.1. The van der Waals surface area contributed by atoms with Gasteiger partial charge in [-0.25, -0.2) is 0 Å². The van der Waals surface area contributed by atoms with Crippen LogP contribution in [0.3, 0.4) is 0 Å². The third-order valence-electron chi connectivity index (χ3n) is 4.11. The summed E-state index contributed by atoms with van der Waals surface area (Å²) >= 11 is 0. The Morgan fingerprint density at radius 2 is 1.57 bits per heavy atom. The minimum Gasteiger partial charge on any atom is -0.332 e. The molecule has 4 heteroatoms. The molecular formula is C19H20N2O2. The highest BCUT2D eigenvalue weighted by atomic mass is 16.2. The van der Waals surface area contributed by atoms with Gasteiger partial charge in [0.1, 0.15) is 6.54 Å². The number of carbonyl (C=O) groups is 2. The van der Waals surface area contributed by atoms with E-state index in [0.717, 1.165) is 11.3 Å². The molecule has 1 saturated heterocycles. The molecule has 0 spiro atoms. The number of carbonyl (C=O) groups excluding carboxylic acids is 2. The first kappa shape index (κ1) is 15.3. The number of aryl methyl sites for hydroxylation is 1. The molecule has 118 valence electrons. The average Bonchev–Trinajstić information content (AvgIpc) is 2.61. The molecule has 0 atom stereocenters. The number of anilines is 1. The third-order valence-corrected chi connectivity index (χ3v) is 4.11. The molecule has 0 saturated carbocycles. The molecule has 4 nitrogen and oxygen atoms in total. The highest BCUT2D eigenvalue weighted by Crippen LogP contribution is 2.17. The topological polar surface area (TPSA) is 40.6 Å². The highest BCUT2D eigenvalue weighted by molar-refractivity contribution is 5.97. The van der Waals surface area contributed by atoms with Crippen molar-refractivity contribution in [2.75, 3.05) is 24.5 Å². The Bertz CT molecular complexity index is 670. The molecule has 2 amide bonds. The van der Waals surface area contributed by atoms with Gasteiger partial charge in [0, 0.05) is 25.2 Å². The number of hydrogen-bond acceptors (Lipinski definition) is 2. The van der Waals surface area contributed by atoms with E-state index < -0.39 is 0 Å². The van der Waals surface area contributed by atoms with Gasteiger partial charge in [0.25, 0.3) is 0 Å². The first-order chi connectivity index (χ1) is 11.2. The second kappa shape index (κ2) is 7.09. The first-order valence-corrected chi connectivity index (χ1v) is 7.91. The van der Waals surface area contributed by atoms with Gasteiger partial charge in [-0.2, -0.15) is 0 Å². The largest absolute Gasteiger partial charge is 0.332 e. The van der Waals surface area contributed by atoms with Crippen LogP contribution in [0, 0.1) is 0 Å². The van der Waals surface area contributed by atoms with E-state index in [4.69, 9.17) is 0 Å². The molecule has 2 aromatic carbocycles. The van der Waals surface area contributed by atoms with Crippen LogP contribution in [0.4, 0.5) is 5.69 Å². The van der Waals surface area contributed by atoms with E-state index in [2.05, 4.69) is 0 Å². The number of para-hydroxylation sites is 1. The van der Waals surface area contributed by atoms with Gasteiger partial charge < -0.3 is 9.80 Å². The van der Waals surface area contributed by atoms with Crippen molar-refractivity contribution < 1.29 is 9.59 Å². The van der Waals surface area contributed by atoms with Gasteiger partial charge in [-0.3, -0.25) is 9.59 Å². The molecular weight excluding hydrogens is 288 g/mol. The predicted octanol–water partition coefficient (Wildman–Crippen LogP) is 2.49. The average molecular weight is 308 g/mol. The lowest BCUT2D eigenvalue weighted by molar-refractivity contribution is -0.136. The molecule has 0 bridgehead atoms. The summed E-state index contributed by atoms with van der Waals surface area (Å²) in [6.07, 6.45) is 1.16. The fourth-order valence-corrected chi connectivity index (χ4v) is 2.82. The van der Waals surface area contributed by atoms with Gasteiger partial charge >= 0.3 is 0 Å². The van der Waals surface area contributed by atoms with E-state index in [0.29, 0.717) is 25.9 Å². The van der Waals surface area contributed by atoms with Crippen molar-refractivity contribution in [3.05, 3.63) is 66.2 Å². The van der Waals surface area contributed by atoms with Gasteiger partial charge in [-0.15, -0.1) is 0 Å². The van der Waals surface area contributed by atoms with Crippen LogP contribution in [0.25, 0.3) is 0 Å². The number of rotatable bonds is 4. The fraction of sp³-hybridized carbons (Fsp3) is 0.263. The van der Waals surface area contributed by atoms with Gasteiger partial charge in [-0.1, -0.05) is 48.5 Å². The van der Waals surface area contributed by atoms with Crippen molar-refractivity contribution in [2.24, 2.45) is 0 Å². The zero-order chi connectivity index (χ0) is 16.1. The summed E-state index contributed by atoms with van der Waals surface area (Å²) in [5.41, 5.74) is 2.05. The standard InChI is InChI=1S/C19H20N2O2/c22-18(12-11-16-7-3-1-4-8-16)20-13-14-21(19(23)15-20)17-9-5-2-6-10-17/h1-10H,11-15H2. The summed E-state index contributed by atoms with van der Waals surface area (Å²) in [6, 6.07) is 19.6. The maximum Gasteiger partial charge on any atom is 0.246 e.